The number of rotatable bonds is 4. The lowest BCUT2D eigenvalue weighted by Crippen LogP contribution is -2.15. The molecule has 0 bridgehead atoms. The molecule has 170 valence electrons. The van der Waals surface area contributed by atoms with Crippen molar-refractivity contribution < 1.29 is 9.47 Å². The monoisotopic (exact) mass is 518 g/mol. The minimum absolute atomic E-state index is 0.580. The zero-order valence-corrected chi connectivity index (χ0v) is 20.7. The predicted octanol–water partition coefficient (Wildman–Crippen LogP) is 8.89. The Kier molecular flexibility index (Phi) is 5.85. The summed E-state index contributed by atoms with van der Waals surface area (Å²) in [5.74, 6) is 1.65. The molecular formula is C32H23BrO2. The van der Waals surface area contributed by atoms with Crippen molar-refractivity contribution in [2.75, 3.05) is 13.2 Å². The maximum Gasteiger partial charge on any atom is 0.169 e. The van der Waals surface area contributed by atoms with Crippen LogP contribution in [0.15, 0.2) is 120 Å². The number of halogens is 1. The molecule has 0 spiro atoms. The third kappa shape index (κ3) is 4.48. The average molecular weight is 519 g/mol. The Hall–Kier alpha value is -3.82. The summed E-state index contributed by atoms with van der Waals surface area (Å²) < 4.78 is 12.7. The number of benzene rings is 5. The van der Waals surface area contributed by atoms with Crippen LogP contribution in [-0.4, -0.2) is 13.2 Å². The molecule has 0 aliphatic carbocycles. The summed E-state index contributed by atoms with van der Waals surface area (Å²) in [6.45, 7) is 1.17. The lowest BCUT2D eigenvalue weighted by molar-refractivity contribution is 0.172. The van der Waals surface area contributed by atoms with Gasteiger partial charge in [-0.1, -0.05) is 101 Å². The molecule has 35 heavy (non-hydrogen) atoms. The highest BCUT2D eigenvalue weighted by Crippen LogP contribution is 2.40. The molecule has 0 atom stereocenters. The van der Waals surface area contributed by atoms with Crippen LogP contribution in [-0.2, 0) is 0 Å². The molecule has 0 N–H and O–H groups in total. The molecule has 0 radical (unpaired) electrons. The number of hydrogen-bond acceptors (Lipinski definition) is 2. The Labute approximate surface area is 213 Å². The van der Waals surface area contributed by atoms with Gasteiger partial charge in [-0.3, -0.25) is 0 Å². The van der Waals surface area contributed by atoms with Crippen molar-refractivity contribution in [2.45, 2.75) is 0 Å². The lowest BCUT2D eigenvalue weighted by atomic mass is 9.95. The molecule has 0 saturated heterocycles. The van der Waals surface area contributed by atoms with E-state index in [-0.39, 0.29) is 0 Å². The van der Waals surface area contributed by atoms with Crippen LogP contribution in [0.4, 0.5) is 0 Å². The Morgan fingerprint density at radius 1 is 0.457 bits per heavy atom. The number of para-hydroxylation sites is 1. The Morgan fingerprint density at radius 2 is 1.03 bits per heavy atom. The van der Waals surface area contributed by atoms with Gasteiger partial charge >= 0.3 is 0 Å². The van der Waals surface area contributed by atoms with Gasteiger partial charge in [-0.25, -0.2) is 0 Å². The quantitative estimate of drug-likeness (QED) is 0.236. The van der Waals surface area contributed by atoms with E-state index in [0.29, 0.717) is 13.2 Å². The second-order valence-electron chi connectivity index (χ2n) is 8.58. The zero-order chi connectivity index (χ0) is 23.6. The third-order valence-electron chi connectivity index (χ3n) is 6.30. The summed E-state index contributed by atoms with van der Waals surface area (Å²) in [6.07, 6.45) is 0. The fourth-order valence-corrected chi connectivity index (χ4v) is 5.07. The van der Waals surface area contributed by atoms with E-state index in [0.717, 1.165) is 27.1 Å². The van der Waals surface area contributed by atoms with Crippen LogP contribution in [0.3, 0.4) is 0 Å². The summed E-state index contributed by atoms with van der Waals surface area (Å²) in [4.78, 5) is 0. The molecule has 5 aromatic rings. The van der Waals surface area contributed by atoms with Crippen LogP contribution in [0.2, 0.25) is 0 Å². The van der Waals surface area contributed by atoms with Gasteiger partial charge in [0.2, 0.25) is 0 Å². The van der Waals surface area contributed by atoms with Gasteiger partial charge in [-0.05, 0) is 69.3 Å². The zero-order valence-electron chi connectivity index (χ0n) is 19.1. The first kappa shape index (κ1) is 21.7. The van der Waals surface area contributed by atoms with E-state index >= 15 is 0 Å². The van der Waals surface area contributed by atoms with Crippen LogP contribution in [0.25, 0.3) is 44.5 Å². The van der Waals surface area contributed by atoms with Gasteiger partial charge in [0.05, 0.1) is 0 Å². The van der Waals surface area contributed by atoms with Crippen LogP contribution in [0, 0.1) is 0 Å². The molecule has 0 aromatic heterocycles. The third-order valence-corrected chi connectivity index (χ3v) is 6.75. The highest BCUT2D eigenvalue weighted by atomic mass is 79.9. The van der Waals surface area contributed by atoms with E-state index < -0.39 is 0 Å². The van der Waals surface area contributed by atoms with Crippen LogP contribution < -0.4 is 9.47 Å². The van der Waals surface area contributed by atoms with Crippen molar-refractivity contribution in [3.05, 3.63) is 120 Å². The molecule has 1 aliphatic rings. The highest BCUT2D eigenvalue weighted by Gasteiger charge is 2.16. The van der Waals surface area contributed by atoms with Crippen LogP contribution in [0.5, 0.6) is 11.5 Å². The summed E-state index contributed by atoms with van der Waals surface area (Å²) in [5, 5.41) is 0. The van der Waals surface area contributed by atoms with Crippen molar-refractivity contribution in [2.24, 2.45) is 0 Å². The summed E-state index contributed by atoms with van der Waals surface area (Å²) in [5.41, 5.74) is 9.32. The predicted molar refractivity (Wildman–Crippen MR) is 147 cm³/mol. The lowest BCUT2D eigenvalue weighted by Gasteiger charge is -2.21. The van der Waals surface area contributed by atoms with Crippen LogP contribution >= 0.6 is 15.9 Å². The summed E-state index contributed by atoms with van der Waals surface area (Å²) in [6, 6.07) is 40.5. The van der Waals surface area contributed by atoms with Crippen molar-refractivity contribution >= 4 is 15.9 Å². The largest absolute Gasteiger partial charge is 0.486 e. The van der Waals surface area contributed by atoms with Gasteiger partial charge in [-0.15, -0.1) is 0 Å². The topological polar surface area (TPSA) is 18.5 Å². The number of ether oxygens (including phenoxy) is 2. The molecule has 6 rings (SSSR count). The molecule has 0 saturated carbocycles. The Balaban J connectivity index is 1.33. The SMILES string of the molecule is Brc1cc(-c2ccccc2)cc(-c2cccc(-c3ccc(-c4cccc5c4OCCO5)cc3)c2)c1. The maximum atomic E-state index is 5.91. The summed E-state index contributed by atoms with van der Waals surface area (Å²) in [7, 11) is 0. The van der Waals surface area contributed by atoms with Gasteiger partial charge in [0.15, 0.2) is 11.5 Å². The second kappa shape index (κ2) is 9.44. The average Bonchev–Trinajstić information content (AvgIpc) is 2.93. The molecular weight excluding hydrogens is 496 g/mol. The summed E-state index contributed by atoms with van der Waals surface area (Å²) >= 11 is 3.71. The van der Waals surface area contributed by atoms with Gasteiger partial charge < -0.3 is 9.47 Å². The Bertz CT molecular complexity index is 1490. The molecule has 1 aliphatic heterocycles. The van der Waals surface area contributed by atoms with Crippen molar-refractivity contribution in [1.82, 2.24) is 0 Å². The molecule has 2 nitrogen and oxygen atoms in total. The minimum atomic E-state index is 0.580. The van der Waals surface area contributed by atoms with Gasteiger partial charge in [0.1, 0.15) is 13.2 Å². The van der Waals surface area contributed by atoms with Crippen LogP contribution in [0.1, 0.15) is 0 Å². The minimum Gasteiger partial charge on any atom is -0.486 e. The normalized spacial score (nSPS) is 12.4. The van der Waals surface area contributed by atoms with E-state index in [1.54, 1.807) is 0 Å². The smallest absolute Gasteiger partial charge is 0.169 e. The molecule has 1 heterocycles. The molecule has 0 amide bonds. The highest BCUT2D eigenvalue weighted by molar-refractivity contribution is 9.10. The van der Waals surface area contributed by atoms with E-state index in [9.17, 15) is 0 Å². The molecule has 5 aromatic carbocycles. The van der Waals surface area contributed by atoms with E-state index in [1.807, 2.05) is 18.2 Å². The number of hydrogen-bond donors (Lipinski definition) is 0. The first-order valence-electron chi connectivity index (χ1n) is 11.7. The van der Waals surface area contributed by atoms with Gasteiger partial charge in [0, 0.05) is 10.0 Å². The molecule has 0 fully saturated rings. The van der Waals surface area contributed by atoms with Crippen molar-refractivity contribution in [1.29, 1.82) is 0 Å². The second-order valence-corrected chi connectivity index (χ2v) is 9.50. The van der Waals surface area contributed by atoms with E-state index in [1.165, 1.54) is 33.4 Å². The molecule has 3 heteroatoms. The number of fused-ring (bicyclic) bond motifs is 1. The van der Waals surface area contributed by atoms with E-state index in [2.05, 4.69) is 113 Å². The fourth-order valence-electron chi connectivity index (χ4n) is 4.58. The van der Waals surface area contributed by atoms with Gasteiger partial charge in [0.25, 0.3) is 0 Å². The van der Waals surface area contributed by atoms with Crippen molar-refractivity contribution in [3.8, 4) is 56.0 Å². The first-order chi connectivity index (χ1) is 17.2. The van der Waals surface area contributed by atoms with Gasteiger partial charge in [-0.2, -0.15) is 0 Å². The first-order valence-corrected chi connectivity index (χ1v) is 12.5. The van der Waals surface area contributed by atoms with Crippen molar-refractivity contribution in [3.63, 3.8) is 0 Å². The fraction of sp³-hybridized carbons (Fsp3) is 0.0625. The molecule has 0 unspecified atom stereocenters. The maximum absolute atomic E-state index is 5.91. The van der Waals surface area contributed by atoms with E-state index in [4.69, 9.17) is 9.47 Å². The Morgan fingerprint density at radius 3 is 1.83 bits per heavy atom. The standard InChI is InChI=1S/C32H23BrO2/c33-29-20-27(22-6-2-1-3-7-22)19-28(21-29)26-9-4-8-25(18-26)23-12-14-24(15-13-23)30-10-5-11-31-32(30)35-17-16-34-31/h1-15,18-21H,16-17H2.